The number of aliphatic hydroxyl groups excluding tert-OH is 1. The zero-order chi connectivity index (χ0) is 14.6. The highest BCUT2D eigenvalue weighted by molar-refractivity contribution is 7.89. The third kappa shape index (κ3) is 3.19. The standard InChI is InChI=1S/C14H22N2O3S/c1-2-5-13-6-3-4-9-16(13)20(18,19)14-8-7-12(11-17)10-15-14/h7-8,10,13,17H,2-6,9,11H2,1H3. The van der Waals surface area contributed by atoms with Gasteiger partial charge in [-0.15, -0.1) is 0 Å². The Hall–Kier alpha value is -0.980. The molecule has 0 radical (unpaired) electrons. The van der Waals surface area contributed by atoms with Crippen LogP contribution in [0.1, 0.15) is 44.6 Å². The molecule has 0 saturated carbocycles. The van der Waals surface area contributed by atoms with Gasteiger partial charge in [-0.3, -0.25) is 0 Å². The third-order valence-electron chi connectivity index (χ3n) is 3.75. The van der Waals surface area contributed by atoms with Crippen molar-refractivity contribution in [3.63, 3.8) is 0 Å². The predicted octanol–water partition coefficient (Wildman–Crippen LogP) is 1.92. The van der Waals surface area contributed by atoms with Crippen LogP contribution in [-0.4, -0.2) is 35.4 Å². The molecule has 0 bridgehead atoms. The number of pyridine rings is 1. The number of piperidine rings is 1. The molecule has 112 valence electrons. The molecule has 1 saturated heterocycles. The van der Waals surface area contributed by atoms with E-state index in [0.717, 1.165) is 32.1 Å². The number of aliphatic hydroxyl groups is 1. The van der Waals surface area contributed by atoms with Crippen LogP contribution in [0, 0.1) is 0 Å². The minimum absolute atomic E-state index is 0.0812. The lowest BCUT2D eigenvalue weighted by Crippen LogP contribution is -2.43. The van der Waals surface area contributed by atoms with E-state index in [-0.39, 0.29) is 17.7 Å². The number of hydrogen-bond donors (Lipinski definition) is 1. The summed E-state index contributed by atoms with van der Waals surface area (Å²) in [5.74, 6) is 0. The summed E-state index contributed by atoms with van der Waals surface area (Å²) < 4.78 is 27.0. The molecule has 20 heavy (non-hydrogen) atoms. The van der Waals surface area contributed by atoms with Crippen molar-refractivity contribution in [2.75, 3.05) is 6.54 Å². The summed E-state index contributed by atoms with van der Waals surface area (Å²) in [4.78, 5) is 4.00. The van der Waals surface area contributed by atoms with Gasteiger partial charge in [-0.05, 0) is 30.9 Å². The summed E-state index contributed by atoms with van der Waals surface area (Å²) in [6, 6.07) is 3.19. The third-order valence-corrected chi connectivity index (χ3v) is 5.62. The Kier molecular flexibility index (Phi) is 5.12. The van der Waals surface area contributed by atoms with E-state index in [1.54, 1.807) is 10.4 Å². The van der Waals surface area contributed by atoms with Crippen LogP contribution in [0.4, 0.5) is 0 Å². The molecule has 6 heteroatoms. The van der Waals surface area contributed by atoms with Crippen LogP contribution in [-0.2, 0) is 16.6 Å². The molecule has 1 aliphatic rings. The van der Waals surface area contributed by atoms with Gasteiger partial charge in [0.15, 0.2) is 5.03 Å². The molecule has 1 aliphatic heterocycles. The van der Waals surface area contributed by atoms with Crippen molar-refractivity contribution in [3.8, 4) is 0 Å². The van der Waals surface area contributed by atoms with Crippen molar-refractivity contribution in [3.05, 3.63) is 23.9 Å². The molecule has 2 rings (SSSR count). The number of sulfonamides is 1. The van der Waals surface area contributed by atoms with Gasteiger partial charge in [-0.1, -0.05) is 25.8 Å². The van der Waals surface area contributed by atoms with Crippen molar-refractivity contribution in [1.82, 2.24) is 9.29 Å². The van der Waals surface area contributed by atoms with Crippen LogP contribution in [0.3, 0.4) is 0 Å². The quantitative estimate of drug-likeness (QED) is 0.901. The van der Waals surface area contributed by atoms with E-state index in [2.05, 4.69) is 11.9 Å². The van der Waals surface area contributed by atoms with E-state index in [9.17, 15) is 8.42 Å². The Morgan fingerprint density at radius 3 is 2.80 bits per heavy atom. The summed E-state index contributed by atoms with van der Waals surface area (Å²) in [5, 5.41) is 9.07. The predicted molar refractivity (Wildman–Crippen MR) is 76.6 cm³/mol. The van der Waals surface area contributed by atoms with Crippen LogP contribution in [0.25, 0.3) is 0 Å². The topological polar surface area (TPSA) is 70.5 Å². The summed E-state index contributed by atoms with van der Waals surface area (Å²) in [5.41, 5.74) is 0.618. The minimum atomic E-state index is -3.52. The van der Waals surface area contributed by atoms with Gasteiger partial charge in [0.2, 0.25) is 0 Å². The zero-order valence-corrected chi connectivity index (χ0v) is 12.6. The number of rotatable bonds is 5. The summed E-state index contributed by atoms with van der Waals surface area (Å²) in [6.45, 7) is 2.53. The van der Waals surface area contributed by atoms with Gasteiger partial charge >= 0.3 is 0 Å². The van der Waals surface area contributed by atoms with Gasteiger partial charge in [0.05, 0.1) is 6.61 Å². The molecule has 1 N–H and O–H groups in total. The first-order valence-electron chi connectivity index (χ1n) is 7.17. The second-order valence-electron chi connectivity index (χ2n) is 5.22. The Labute approximate surface area is 120 Å². The van der Waals surface area contributed by atoms with Gasteiger partial charge in [-0.25, -0.2) is 13.4 Å². The molecule has 0 aromatic carbocycles. The van der Waals surface area contributed by atoms with Crippen molar-refractivity contribution in [2.24, 2.45) is 0 Å². The molecule has 0 amide bonds. The molecule has 1 fully saturated rings. The van der Waals surface area contributed by atoms with Crippen LogP contribution in [0.5, 0.6) is 0 Å². The molecule has 1 aromatic heterocycles. The molecule has 0 aliphatic carbocycles. The summed E-state index contributed by atoms with van der Waals surface area (Å²) in [7, 11) is -3.52. The lowest BCUT2D eigenvalue weighted by atomic mass is 10.0. The summed E-state index contributed by atoms with van der Waals surface area (Å²) >= 11 is 0. The monoisotopic (exact) mass is 298 g/mol. The maximum Gasteiger partial charge on any atom is 0.260 e. The van der Waals surface area contributed by atoms with Crippen LogP contribution < -0.4 is 0 Å². The van der Waals surface area contributed by atoms with Crippen molar-refractivity contribution in [2.45, 2.75) is 56.7 Å². The van der Waals surface area contributed by atoms with Gasteiger partial charge in [-0.2, -0.15) is 4.31 Å². The van der Waals surface area contributed by atoms with Crippen molar-refractivity contribution in [1.29, 1.82) is 0 Å². The van der Waals surface area contributed by atoms with Gasteiger partial charge in [0.25, 0.3) is 10.0 Å². The average molecular weight is 298 g/mol. The maximum atomic E-state index is 12.7. The number of hydrogen-bond acceptors (Lipinski definition) is 4. The molecule has 0 spiro atoms. The Morgan fingerprint density at radius 1 is 1.40 bits per heavy atom. The summed E-state index contributed by atoms with van der Waals surface area (Å²) in [6.07, 6.45) is 6.23. The Balaban J connectivity index is 2.26. The molecule has 1 aromatic rings. The fraction of sp³-hybridized carbons (Fsp3) is 0.643. The largest absolute Gasteiger partial charge is 0.392 e. The molecule has 5 nitrogen and oxygen atoms in total. The van der Waals surface area contributed by atoms with Crippen molar-refractivity contribution >= 4 is 10.0 Å². The highest BCUT2D eigenvalue weighted by atomic mass is 32.2. The molecule has 1 atom stereocenters. The van der Waals surface area contributed by atoms with Gasteiger partial charge < -0.3 is 5.11 Å². The highest BCUT2D eigenvalue weighted by Gasteiger charge is 2.33. The van der Waals surface area contributed by atoms with E-state index in [0.29, 0.717) is 12.1 Å². The van der Waals surface area contributed by atoms with E-state index >= 15 is 0 Å². The normalized spacial score (nSPS) is 21.0. The van der Waals surface area contributed by atoms with E-state index in [4.69, 9.17) is 5.11 Å². The lowest BCUT2D eigenvalue weighted by Gasteiger charge is -2.34. The minimum Gasteiger partial charge on any atom is -0.392 e. The fourth-order valence-corrected chi connectivity index (χ4v) is 4.33. The Bertz CT molecular complexity index is 526. The first kappa shape index (κ1) is 15.4. The first-order valence-corrected chi connectivity index (χ1v) is 8.61. The Morgan fingerprint density at radius 2 is 2.20 bits per heavy atom. The van der Waals surface area contributed by atoms with Crippen molar-refractivity contribution < 1.29 is 13.5 Å². The van der Waals surface area contributed by atoms with Crippen LogP contribution in [0.15, 0.2) is 23.4 Å². The van der Waals surface area contributed by atoms with E-state index in [1.165, 1.54) is 12.3 Å². The zero-order valence-electron chi connectivity index (χ0n) is 11.8. The smallest absolute Gasteiger partial charge is 0.260 e. The van der Waals surface area contributed by atoms with E-state index < -0.39 is 10.0 Å². The van der Waals surface area contributed by atoms with Crippen LogP contribution in [0.2, 0.25) is 0 Å². The van der Waals surface area contributed by atoms with Gasteiger partial charge in [0, 0.05) is 18.8 Å². The van der Waals surface area contributed by atoms with Gasteiger partial charge in [0.1, 0.15) is 0 Å². The molecular formula is C14H22N2O3S. The van der Waals surface area contributed by atoms with E-state index in [1.807, 2.05) is 0 Å². The van der Waals surface area contributed by atoms with Crippen LogP contribution >= 0.6 is 0 Å². The fourth-order valence-electron chi connectivity index (χ4n) is 2.69. The maximum absolute atomic E-state index is 12.7. The first-order chi connectivity index (χ1) is 9.59. The highest BCUT2D eigenvalue weighted by Crippen LogP contribution is 2.26. The molecular weight excluding hydrogens is 276 g/mol. The molecule has 1 unspecified atom stereocenters. The SMILES string of the molecule is CCCC1CCCCN1S(=O)(=O)c1ccc(CO)cn1. The lowest BCUT2D eigenvalue weighted by molar-refractivity contribution is 0.239. The number of aromatic nitrogens is 1. The number of nitrogens with zero attached hydrogens (tertiary/aromatic N) is 2. The average Bonchev–Trinajstić information content (AvgIpc) is 2.48. The second-order valence-corrected chi connectivity index (χ2v) is 7.05. The second kappa shape index (κ2) is 6.65. The molecule has 2 heterocycles.